The Hall–Kier alpha value is -0.560. The monoisotopic (exact) mass is 157 g/mol. The lowest BCUT2D eigenvalue weighted by atomic mass is 10.3. The van der Waals surface area contributed by atoms with Gasteiger partial charge in [0.25, 0.3) is 0 Å². The Kier molecular flexibility index (Phi) is 7.16. The van der Waals surface area contributed by atoms with Crippen LogP contribution in [0, 0.1) is 11.8 Å². The van der Waals surface area contributed by atoms with Crippen molar-refractivity contribution in [1.82, 2.24) is 5.32 Å². The minimum absolute atomic E-state index is 0.000787. The second kappa shape index (κ2) is 7.55. The fourth-order valence-corrected chi connectivity index (χ4v) is 0.661. The molecule has 0 saturated heterocycles. The SMILES string of the molecule is CC#CCNC(CO)COC. The van der Waals surface area contributed by atoms with Gasteiger partial charge in [0.15, 0.2) is 0 Å². The maximum atomic E-state index is 8.77. The Morgan fingerprint density at radius 1 is 1.64 bits per heavy atom. The Labute approximate surface area is 67.8 Å². The van der Waals surface area contributed by atoms with Crippen molar-refractivity contribution < 1.29 is 9.84 Å². The summed E-state index contributed by atoms with van der Waals surface area (Å²) in [4.78, 5) is 0. The van der Waals surface area contributed by atoms with Crippen molar-refractivity contribution in [3.63, 3.8) is 0 Å². The number of aliphatic hydroxyl groups excluding tert-OH is 1. The van der Waals surface area contributed by atoms with Gasteiger partial charge in [-0.05, 0) is 6.92 Å². The Morgan fingerprint density at radius 2 is 2.36 bits per heavy atom. The number of rotatable bonds is 5. The fourth-order valence-electron chi connectivity index (χ4n) is 0.661. The summed E-state index contributed by atoms with van der Waals surface area (Å²) in [6.07, 6.45) is 0. The molecule has 0 radical (unpaired) electrons. The lowest BCUT2D eigenvalue weighted by molar-refractivity contribution is 0.131. The molecule has 64 valence electrons. The zero-order chi connectivity index (χ0) is 8.53. The molecule has 0 aromatic rings. The average Bonchev–Trinajstić information content (AvgIpc) is 2.03. The predicted molar refractivity (Wildman–Crippen MR) is 44.2 cm³/mol. The van der Waals surface area contributed by atoms with Gasteiger partial charge < -0.3 is 9.84 Å². The Morgan fingerprint density at radius 3 is 2.82 bits per heavy atom. The van der Waals surface area contributed by atoms with E-state index in [1.54, 1.807) is 14.0 Å². The summed E-state index contributed by atoms with van der Waals surface area (Å²) in [5.41, 5.74) is 0. The molecule has 0 heterocycles. The third-order valence-corrected chi connectivity index (χ3v) is 1.24. The van der Waals surface area contributed by atoms with Crippen LogP contribution in [0.5, 0.6) is 0 Å². The number of hydrogen-bond donors (Lipinski definition) is 2. The normalized spacial score (nSPS) is 11.9. The van der Waals surface area contributed by atoms with Gasteiger partial charge in [-0.1, -0.05) is 5.92 Å². The van der Waals surface area contributed by atoms with Gasteiger partial charge in [0.05, 0.1) is 25.8 Å². The summed E-state index contributed by atoms with van der Waals surface area (Å²) >= 11 is 0. The van der Waals surface area contributed by atoms with Crippen LogP contribution in [-0.2, 0) is 4.74 Å². The van der Waals surface area contributed by atoms with E-state index in [0.717, 1.165) is 0 Å². The molecule has 0 saturated carbocycles. The summed E-state index contributed by atoms with van der Waals surface area (Å²) in [5.74, 6) is 5.60. The maximum absolute atomic E-state index is 8.77. The smallest absolute Gasteiger partial charge is 0.0638 e. The van der Waals surface area contributed by atoms with Gasteiger partial charge in [-0.15, -0.1) is 5.92 Å². The molecule has 0 amide bonds. The van der Waals surface area contributed by atoms with E-state index in [1.807, 2.05) is 0 Å². The van der Waals surface area contributed by atoms with E-state index < -0.39 is 0 Å². The number of aliphatic hydroxyl groups is 1. The van der Waals surface area contributed by atoms with Crippen molar-refractivity contribution >= 4 is 0 Å². The van der Waals surface area contributed by atoms with Gasteiger partial charge in [-0.2, -0.15) is 0 Å². The Bertz CT molecular complexity index is 137. The quantitative estimate of drug-likeness (QED) is 0.534. The average molecular weight is 157 g/mol. The second-order valence-electron chi connectivity index (χ2n) is 2.14. The first-order valence-corrected chi connectivity index (χ1v) is 3.58. The molecule has 0 aliphatic heterocycles. The molecule has 0 aromatic heterocycles. The van der Waals surface area contributed by atoms with Gasteiger partial charge in [0.2, 0.25) is 0 Å². The molecular weight excluding hydrogens is 142 g/mol. The summed E-state index contributed by atoms with van der Waals surface area (Å²) in [6.45, 7) is 2.98. The molecule has 0 bridgehead atoms. The number of nitrogens with one attached hydrogen (secondary N) is 1. The highest BCUT2D eigenvalue weighted by Gasteiger charge is 2.02. The molecule has 0 rings (SSSR count). The zero-order valence-corrected chi connectivity index (χ0v) is 7.05. The van der Waals surface area contributed by atoms with E-state index in [0.29, 0.717) is 13.2 Å². The van der Waals surface area contributed by atoms with Crippen LogP contribution in [0.25, 0.3) is 0 Å². The van der Waals surface area contributed by atoms with E-state index in [9.17, 15) is 0 Å². The molecule has 0 aliphatic rings. The van der Waals surface area contributed by atoms with Crippen LogP contribution in [0.2, 0.25) is 0 Å². The Balaban J connectivity index is 3.40. The number of methoxy groups -OCH3 is 1. The van der Waals surface area contributed by atoms with E-state index in [-0.39, 0.29) is 12.6 Å². The van der Waals surface area contributed by atoms with Crippen molar-refractivity contribution in [1.29, 1.82) is 0 Å². The summed E-state index contributed by atoms with van der Waals surface area (Å²) in [7, 11) is 1.61. The summed E-state index contributed by atoms with van der Waals surface area (Å²) in [5, 5.41) is 11.8. The fraction of sp³-hybridized carbons (Fsp3) is 0.750. The lowest BCUT2D eigenvalue weighted by Gasteiger charge is -2.12. The molecule has 0 spiro atoms. The van der Waals surface area contributed by atoms with E-state index in [2.05, 4.69) is 17.2 Å². The van der Waals surface area contributed by atoms with E-state index in [1.165, 1.54) is 0 Å². The molecule has 1 atom stereocenters. The maximum Gasteiger partial charge on any atom is 0.0638 e. The topological polar surface area (TPSA) is 41.5 Å². The zero-order valence-electron chi connectivity index (χ0n) is 7.05. The first-order chi connectivity index (χ1) is 5.35. The minimum atomic E-state index is 0.000787. The van der Waals surface area contributed by atoms with Crippen molar-refractivity contribution in [3.8, 4) is 11.8 Å². The van der Waals surface area contributed by atoms with Crippen molar-refractivity contribution in [2.45, 2.75) is 13.0 Å². The molecule has 11 heavy (non-hydrogen) atoms. The molecule has 0 fully saturated rings. The van der Waals surface area contributed by atoms with Gasteiger partial charge in [0.1, 0.15) is 0 Å². The molecule has 3 heteroatoms. The summed E-state index contributed by atoms with van der Waals surface area (Å²) in [6, 6.07) is 0.000787. The predicted octanol–water partition coefficient (Wildman–Crippen LogP) is -0.393. The van der Waals surface area contributed by atoms with Crippen LogP contribution < -0.4 is 5.32 Å². The van der Waals surface area contributed by atoms with Crippen LogP contribution in [-0.4, -0.2) is 38.0 Å². The molecule has 3 nitrogen and oxygen atoms in total. The highest BCUT2D eigenvalue weighted by Crippen LogP contribution is 1.81. The first kappa shape index (κ1) is 10.4. The molecule has 0 aromatic carbocycles. The van der Waals surface area contributed by atoms with Crippen LogP contribution >= 0.6 is 0 Å². The number of ether oxygens (including phenoxy) is 1. The van der Waals surface area contributed by atoms with Crippen molar-refractivity contribution in [2.24, 2.45) is 0 Å². The highest BCUT2D eigenvalue weighted by molar-refractivity contribution is 4.97. The standard InChI is InChI=1S/C8H15NO2/c1-3-4-5-9-8(6-10)7-11-2/h8-10H,5-7H2,1-2H3. The van der Waals surface area contributed by atoms with Crippen LogP contribution in [0.4, 0.5) is 0 Å². The van der Waals surface area contributed by atoms with Gasteiger partial charge in [-0.25, -0.2) is 0 Å². The minimum Gasteiger partial charge on any atom is -0.395 e. The van der Waals surface area contributed by atoms with Crippen LogP contribution in [0.15, 0.2) is 0 Å². The van der Waals surface area contributed by atoms with Crippen LogP contribution in [0.1, 0.15) is 6.92 Å². The third kappa shape index (κ3) is 5.86. The summed E-state index contributed by atoms with van der Waals surface area (Å²) < 4.78 is 4.85. The first-order valence-electron chi connectivity index (χ1n) is 3.58. The largest absolute Gasteiger partial charge is 0.395 e. The van der Waals surface area contributed by atoms with E-state index in [4.69, 9.17) is 9.84 Å². The molecule has 2 N–H and O–H groups in total. The van der Waals surface area contributed by atoms with Crippen molar-refractivity contribution in [2.75, 3.05) is 26.9 Å². The second-order valence-corrected chi connectivity index (χ2v) is 2.14. The lowest BCUT2D eigenvalue weighted by Crippen LogP contribution is -2.36. The molecule has 0 aliphatic carbocycles. The van der Waals surface area contributed by atoms with Crippen LogP contribution in [0.3, 0.4) is 0 Å². The number of hydrogen-bond acceptors (Lipinski definition) is 3. The highest BCUT2D eigenvalue weighted by atomic mass is 16.5. The van der Waals surface area contributed by atoms with E-state index >= 15 is 0 Å². The van der Waals surface area contributed by atoms with Gasteiger partial charge >= 0.3 is 0 Å². The van der Waals surface area contributed by atoms with Gasteiger partial charge in [0, 0.05) is 7.11 Å². The molecular formula is C8H15NO2. The molecule has 1 unspecified atom stereocenters. The van der Waals surface area contributed by atoms with Crippen molar-refractivity contribution in [3.05, 3.63) is 0 Å². The third-order valence-electron chi connectivity index (χ3n) is 1.24. The van der Waals surface area contributed by atoms with Gasteiger partial charge in [-0.3, -0.25) is 5.32 Å².